The number of alkyl halides is 3. The van der Waals surface area contributed by atoms with E-state index < -0.39 is 35.1 Å². The van der Waals surface area contributed by atoms with Gasteiger partial charge >= 0.3 is 6.18 Å². The minimum atomic E-state index is -4.75. The molecular formula is C8H7F5N2. The second-order valence-corrected chi connectivity index (χ2v) is 2.92. The Kier molecular flexibility index (Phi) is 2.85. The fraction of sp³-hybridized carbons (Fsp3) is 0.250. The van der Waals surface area contributed by atoms with Gasteiger partial charge in [0.05, 0.1) is 0 Å². The zero-order valence-electron chi connectivity index (χ0n) is 7.28. The second kappa shape index (κ2) is 3.65. The van der Waals surface area contributed by atoms with Crippen LogP contribution in [0.15, 0.2) is 12.1 Å². The Bertz CT molecular complexity index is 351. The molecule has 0 aliphatic heterocycles. The lowest BCUT2D eigenvalue weighted by Crippen LogP contribution is -2.28. The largest absolute Gasteiger partial charge is 0.407 e. The molecule has 0 unspecified atom stereocenters. The molecule has 0 heterocycles. The van der Waals surface area contributed by atoms with Gasteiger partial charge in [0, 0.05) is 0 Å². The topological polar surface area (TPSA) is 52.0 Å². The standard InChI is InChI=1S/C8H7F5N2/c9-4-1-3(2-5(10)6(4)14)7(15)8(11,12)13/h1-2,7H,14-15H2/t7-/m1/s1. The van der Waals surface area contributed by atoms with Crippen molar-refractivity contribution in [3.63, 3.8) is 0 Å². The van der Waals surface area contributed by atoms with Gasteiger partial charge in [0.15, 0.2) is 0 Å². The van der Waals surface area contributed by atoms with Gasteiger partial charge in [0.2, 0.25) is 0 Å². The number of anilines is 1. The lowest BCUT2D eigenvalue weighted by molar-refractivity contribution is -0.149. The molecule has 1 aromatic rings. The van der Waals surface area contributed by atoms with Gasteiger partial charge < -0.3 is 11.5 Å². The molecule has 0 aromatic heterocycles. The van der Waals surface area contributed by atoms with Gasteiger partial charge in [-0.2, -0.15) is 13.2 Å². The van der Waals surface area contributed by atoms with Crippen LogP contribution in [0.25, 0.3) is 0 Å². The van der Waals surface area contributed by atoms with Crippen molar-refractivity contribution in [3.05, 3.63) is 29.3 Å². The summed E-state index contributed by atoms with van der Waals surface area (Å²) in [6.45, 7) is 0. The molecule has 1 rings (SSSR count). The number of hydrogen-bond donors (Lipinski definition) is 2. The van der Waals surface area contributed by atoms with Crippen LogP contribution >= 0.6 is 0 Å². The predicted molar refractivity (Wildman–Crippen MR) is 43.8 cm³/mol. The summed E-state index contributed by atoms with van der Waals surface area (Å²) in [7, 11) is 0. The first-order valence-electron chi connectivity index (χ1n) is 3.80. The molecule has 1 aromatic carbocycles. The van der Waals surface area contributed by atoms with Gasteiger partial charge in [-0.3, -0.25) is 0 Å². The molecule has 0 aliphatic rings. The van der Waals surface area contributed by atoms with Gasteiger partial charge in [-0.15, -0.1) is 0 Å². The Hall–Kier alpha value is -1.37. The Morgan fingerprint density at radius 1 is 1.07 bits per heavy atom. The maximum atomic E-state index is 12.8. The number of halogens is 5. The quantitative estimate of drug-likeness (QED) is 0.569. The molecule has 0 aliphatic carbocycles. The minimum absolute atomic E-state index is 0.469. The van der Waals surface area contributed by atoms with Crippen molar-refractivity contribution in [2.24, 2.45) is 5.73 Å². The van der Waals surface area contributed by atoms with Crippen LogP contribution in [0.3, 0.4) is 0 Å². The molecule has 2 nitrogen and oxygen atoms in total. The van der Waals surface area contributed by atoms with Crippen LogP contribution in [-0.2, 0) is 0 Å². The summed E-state index contributed by atoms with van der Waals surface area (Å²) in [5, 5.41) is 0. The molecular weight excluding hydrogens is 219 g/mol. The SMILES string of the molecule is Nc1c(F)cc([C@@H](N)C(F)(F)F)cc1F. The lowest BCUT2D eigenvalue weighted by atomic mass is 10.1. The second-order valence-electron chi connectivity index (χ2n) is 2.92. The third-order valence-electron chi connectivity index (χ3n) is 1.81. The Balaban J connectivity index is 3.17. The summed E-state index contributed by atoms with van der Waals surface area (Å²) in [5.74, 6) is -2.52. The molecule has 0 saturated heterocycles. The van der Waals surface area contributed by atoms with Crippen LogP contribution in [0.4, 0.5) is 27.6 Å². The molecule has 84 valence electrons. The average molecular weight is 226 g/mol. The predicted octanol–water partition coefficient (Wildman–Crippen LogP) is 2.11. The summed E-state index contributed by atoms with van der Waals surface area (Å²) in [4.78, 5) is 0. The third kappa shape index (κ3) is 2.35. The van der Waals surface area contributed by atoms with E-state index in [-0.39, 0.29) is 0 Å². The van der Waals surface area contributed by atoms with Crippen molar-refractivity contribution in [1.29, 1.82) is 0 Å². The van der Waals surface area contributed by atoms with E-state index in [0.717, 1.165) is 0 Å². The van der Waals surface area contributed by atoms with Crippen LogP contribution < -0.4 is 11.5 Å². The number of rotatable bonds is 1. The molecule has 0 saturated carbocycles. The van der Waals surface area contributed by atoms with Crippen molar-refractivity contribution < 1.29 is 22.0 Å². The number of hydrogen-bond acceptors (Lipinski definition) is 2. The van der Waals surface area contributed by atoms with Gasteiger partial charge in [-0.25, -0.2) is 8.78 Å². The van der Waals surface area contributed by atoms with Gasteiger partial charge in [-0.05, 0) is 17.7 Å². The molecule has 0 spiro atoms. The normalized spacial score (nSPS) is 14.0. The van der Waals surface area contributed by atoms with Crippen molar-refractivity contribution in [2.45, 2.75) is 12.2 Å². The number of nitrogens with two attached hydrogens (primary N) is 2. The zero-order valence-corrected chi connectivity index (χ0v) is 7.28. The first-order chi connectivity index (χ1) is 6.73. The number of nitrogen functional groups attached to an aromatic ring is 1. The third-order valence-corrected chi connectivity index (χ3v) is 1.81. The fourth-order valence-corrected chi connectivity index (χ4v) is 0.972. The molecule has 0 radical (unpaired) electrons. The van der Waals surface area contributed by atoms with E-state index in [2.05, 4.69) is 0 Å². The maximum absolute atomic E-state index is 12.8. The van der Waals surface area contributed by atoms with E-state index in [1.165, 1.54) is 0 Å². The highest BCUT2D eigenvalue weighted by molar-refractivity contribution is 5.44. The molecule has 0 bridgehead atoms. The zero-order chi connectivity index (χ0) is 11.8. The molecule has 0 amide bonds. The van der Waals surface area contributed by atoms with Crippen molar-refractivity contribution in [2.75, 3.05) is 5.73 Å². The first-order valence-corrected chi connectivity index (χ1v) is 3.80. The van der Waals surface area contributed by atoms with Crippen molar-refractivity contribution in [3.8, 4) is 0 Å². The van der Waals surface area contributed by atoms with Crippen LogP contribution in [0.5, 0.6) is 0 Å². The van der Waals surface area contributed by atoms with E-state index >= 15 is 0 Å². The summed E-state index contributed by atoms with van der Waals surface area (Å²) in [6.07, 6.45) is -4.75. The Morgan fingerprint density at radius 3 is 1.80 bits per heavy atom. The molecule has 15 heavy (non-hydrogen) atoms. The van der Waals surface area contributed by atoms with Crippen LogP contribution in [0, 0.1) is 11.6 Å². The Labute approximate surface area is 81.7 Å². The van der Waals surface area contributed by atoms with E-state index in [4.69, 9.17) is 11.5 Å². The van der Waals surface area contributed by atoms with E-state index in [1.807, 2.05) is 0 Å². The minimum Gasteiger partial charge on any atom is -0.394 e. The van der Waals surface area contributed by atoms with E-state index in [1.54, 1.807) is 0 Å². The van der Waals surface area contributed by atoms with Crippen molar-refractivity contribution >= 4 is 5.69 Å². The number of benzene rings is 1. The summed E-state index contributed by atoms with van der Waals surface area (Å²) in [5.41, 5.74) is 8.12. The van der Waals surface area contributed by atoms with Crippen LogP contribution in [-0.4, -0.2) is 6.18 Å². The average Bonchev–Trinajstić information content (AvgIpc) is 2.10. The highest BCUT2D eigenvalue weighted by Gasteiger charge is 2.38. The smallest absolute Gasteiger partial charge is 0.394 e. The lowest BCUT2D eigenvalue weighted by Gasteiger charge is -2.16. The molecule has 7 heteroatoms. The van der Waals surface area contributed by atoms with Crippen LogP contribution in [0.1, 0.15) is 11.6 Å². The molecule has 1 atom stereocenters. The summed E-state index contributed by atoms with van der Waals surface area (Å²) >= 11 is 0. The maximum Gasteiger partial charge on any atom is 0.407 e. The summed E-state index contributed by atoms with van der Waals surface area (Å²) in [6, 6.07) is -1.49. The highest BCUT2D eigenvalue weighted by atomic mass is 19.4. The first kappa shape index (κ1) is 11.7. The van der Waals surface area contributed by atoms with Crippen molar-refractivity contribution in [1.82, 2.24) is 0 Å². The van der Waals surface area contributed by atoms with E-state index in [9.17, 15) is 22.0 Å². The fourth-order valence-electron chi connectivity index (χ4n) is 0.972. The van der Waals surface area contributed by atoms with Gasteiger partial charge in [0.1, 0.15) is 23.4 Å². The molecule has 4 N–H and O–H groups in total. The van der Waals surface area contributed by atoms with E-state index in [0.29, 0.717) is 12.1 Å². The molecule has 0 fully saturated rings. The Morgan fingerprint density at radius 2 is 1.47 bits per heavy atom. The van der Waals surface area contributed by atoms with Gasteiger partial charge in [-0.1, -0.05) is 0 Å². The monoisotopic (exact) mass is 226 g/mol. The van der Waals surface area contributed by atoms with Crippen LogP contribution in [0.2, 0.25) is 0 Å². The van der Waals surface area contributed by atoms with Gasteiger partial charge in [0.25, 0.3) is 0 Å². The highest BCUT2D eigenvalue weighted by Crippen LogP contribution is 2.32. The summed E-state index contributed by atoms with van der Waals surface area (Å²) < 4.78 is 61.9.